The molecule has 0 saturated carbocycles. The molecule has 0 atom stereocenters. The maximum absolute atomic E-state index is 3.62. The summed E-state index contributed by atoms with van der Waals surface area (Å²) in [6.45, 7) is 0. The molecule has 0 saturated heterocycles. The summed E-state index contributed by atoms with van der Waals surface area (Å²) in [5, 5.41) is 13.4. The fraction of sp³-hybridized carbons (Fsp3) is 0.500. The lowest BCUT2D eigenvalue weighted by atomic mass is 11.0. The number of nitrogens with one attached hydrogen (secondary N) is 1. The molecule has 8 heavy (non-hydrogen) atoms. The van der Waals surface area contributed by atoms with E-state index in [4.69, 9.17) is 0 Å². The number of halogens is 1. The maximum atomic E-state index is 3.62. The van der Waals surface area contributed by atoms with Crippen LogP contribution in [0.1, 0.15) is 0 Å². The van der Waals surface area contributed by atoms with E-state index in [1.165, 1.54) is 2.90 Å². The lowest BCUT2D eigenvalue weighted by Crippen LogP contribution is -1.93. The van der Waals surface area contributed by atoms with Crippen LogP contribution in [0.3, 0.4) is 0 Å². The Balaban J connectivity index is 2.92. The van der Waals surface area contributed by atoms with E-state index in [0.29, 0.717) is 5.95 Å². The molecule has 44 valence electrons. The average Bonchev–Trinajstić information content (AvgIpc) is 2.14. The van der Waals surface area contributed by atoms with Crippen LogP contribution in [-0.4, -0.2) is 25.5 Å². The number of hydrogen-bond donors (Lipinski definition) is 1. The van der Waals surface area contributed by atoms with Crippen molar-refractivity contribution in [2.24, 2.45) is 0 Å². The Morgan fingerprint density at radius 1 is 1.75 bits per heavy atom. The predicted octanol–water partition coefficient (Wildman–Crippen LogP) is -0.0871. The van der Waals surface area contributed by atoms with Crippen molar-refractivity contribution in [2.45, 2.75) is 0 Å². The van der Waals surface area contributed by atoms with Crippen molar-refractivity contribution in [3.63, 3.8) is 0 Å². The first-order valence-electron chi connectivity index (χ1n) is 1.97. The van der Waals surface area contributed by atoms with E-state index in [9.17, 15) is 0 Å². The van der Waals surface area contributed by atoms with Gasteiger partial charge in [0.15, 0.2) is 0 Å². The average molecular weight is 225 g/mol. The fourth-order valence-electron chi connectivity index (χ4n) is 0.319. The second-order valence-corrected chi connectivity index (χ2v) is 2.03. The molecule has 0 amide bonds. The van der Waals surface area contributed by atoms with Gasteiger partial charge in [0.1, 0.15) is 0 Å². The molecule has 0 bridgehead atoms. The Labute approximate surface area is 59.9 Å². The largest absolute Gasteiger partial charge is 0.356 e. The smallest absolute Gasteiger partial charge is 0.252 e. The van der Waals surface area contributed by atoms with Gasteiger partial charge in [0.2, 0.25) is 0 Å². The molecule has 1 N–H and O–H groups in total. The minimum atomic E-state index is 0.658. The number of hydrogen-bond acceptors (Lipinski definition) is 4. The van der Waals surface area contributed by atoms with Crippen molar-refractivity contribution in [1.82, 2.24) is 18.4 Å². The highest BCUT2D eigenvalue weighted by Gasteiger charge is 1.95. The van der Waals surface area contributed by atoms with Crippen LogP contribution in [0.15, 0.2) is 0 Å². The van der Waals surface area contributed by atoms with Crippen molar-refractivity contribution >= 4 is 28.8 Å². The zero-order chi connectivity index (χ0) is 5.98. The van der Waals surface area contributed by atoms with Crippen molar-refractivity contribution in [1.29, 1.82) is 0 Å². The van der Waals surface area contributed by atoms with Crippen LogP contribution in [0.2, 0.25) is 0 Å². The van der Waals surface area contributed by atoms with Crippen molar-refractivity contribution in [2.75, 3.05) is 12.4 Å². The molecule has 1 rings (SSSR count). The molecular formula is C2H4IN5. The molecule has 1 aromatic heterocycles. The first kappa shape index (κ1) is 5.73. The summed E-state index contributed by atoms with van der Waals surface area (Å²) >= 11 is 1.97. The molecule has 0 fully saturated rings. The Hall–Kier alpha value is -0.400. The molecule has 5 nitrogen and oxygen atoms in total. The van der Waals surface area contributed by atoms with Gasteiger partial charge in [-0.05, 0) is 10.4 Å². The zero-order valence-corrected chi connectivity index (χ0v) is 6.32. The molecule has 0 spiro atoms. The van der Waals surface area contributed by atoms with E-state index in [-0.39, 0.29) is 0 Å². The lowest BCUT2D eigenvalue weighted by molar-refractivity contribution is 0.870. The molecule has 0 unspecified atom stereocenters. The summed E-state index contributed by atoms with van der Waals surface area (Å²) in [6, 6.07) is 0. The van der Waals surface area contributed by atoms with E-state index in [2.05, 4.69) is 20.8 Å². The number of anilines is 1. The number of rotatable bonds is 1. The second-order valence-electron chi connectivity index (χ2n) is 1.11. The van der Waals surface area contributed by atoms with Gasteiger partial charge in [0.05, 0.1) is 22.9 Å². The van der Waals surface area contributed by atoms with Gasteiger partial charge < -0.3 is 5.32 Å². The molecule has 1 heterocycles. The Morgan fingerprint density at radius 2 is 2.50 bits per heavy atom. The number of nitrogens with zero attached hydrogens (tertiary/aromatic N) is 4. The predicted molar refractivity (Wildman–Crippen MR) is 36.8 cm³/mol. The van der Waals surface area contributed by atoms with E-state index < -0.39 is 0 Å². The topological polar surface area (TPSA) is 55.6 Å². The summed E-state index contributed by atoms with van der Waals surface area (Å²) in [6.07, 6.45) is 0. The third-order valence-electron chi connectivity index (χ3n) is 0.656. The molecule has 0 aliphatic heterocycles. The highest BCUT2D eigenvalue weighted by molar-refractivity contribution is 14.1. The Bertz CT molecular complexity index is 171. The Morgan fingerprint density at radius 3 is 2.75 bits per heavy atom. The van der Waals surface area contributed by atoms with Gasteiger partial charge >= 0.3 is 0 Å². The fourth-order valence-corrected chi connectivity index (χ4v) is 0.743. The first-order valence-corrected chi connectivity index (χ1v) is 2.93. The van der Waals surface area contributed by atoms with Crippen molar-refractivity contribution < 1.29 is 0 Å². The van der Waals surface area contributed by atoms with Crippen LogP contribution in [0.5, 0.6) is 0 Å². The van der Waals surface area contributed by atoms with Gasteiger partial charge in [-0.1, -0.05) is 5.10 Å². The minimum absolute atomic E-state index is 0.658. The molecule has 0 aliphatic rings. The van der Waals surface area contributed by atoms with Gasteiger partial charge in [-0.3, -0.25) is 0 Å². The van der Waals surface area contributed by atoms with Crippen LogP contribution >= 0.6 is 22.9 Å². The van der Waals surface area contributed by atoms with Gasteiger partial charge in [-0.25, -0.2) is 0 Å². The Kier molecular flexibility index (Phi) is 1.61. The van der Waals surface area contributed by atoms with E-state index >= 15 is 0 Å². The van der Waals surface area contributed by atoms with Gasteiger partial charge in [0.25, 0.3) is 5.95 Å². The molecule has 6 heteroatoms. The molecule has 0 aliphatic carbocycles. The highest BCUT2D eigenvalue weighted by Crippen LogP contribution is 1.99. The summed E-state index contributed by atoms with van der Waals surface area (Å²) < 4.78 is 1.53. The van der Waals surface area contributed by atoms with E-state index in [1.54, 1.807) is 7.05 Å². The van der Waals surface area contributed by atoms with Crippen LogP contribution in [-0.2, 0) is 0 Å². The SMILES string of the molecule is CNc1nnnn1I. The highest BCUT2D eigenvalue weighted by atomic mass is 127. The molecule has 1 aromatic rings. The van der Waals surface area contributed by atoms with Crippen molar-refractivity contribution in [3.05, 3.63) is 0 Å². The molecular weight excluding hydrogens is 221 g/mol. The summed E-state index contributed by atoms with van der Waals surface area (Å²) in [7, 11) is 1.76. The molecule has 0 aromatic carbocycles. The van der Waals surface area contributed by atoms with Crippen LogP contribution in [0, 0.1) is 0 Å². The number of tetrazole rings is 1. The third kappa shape index (κ3) is 0.881. The normalized spacial score (nSPS) is 9.25. The monoisotopic (exact) mass is 225 g/mol. The maximum Gasteiger partial charge on any atom is 0.252 e. The van der Waals surface area contributed by atoms with Crippen LogP contribution < -0.4 is 5.32 Å². The van der Waals surface area contributed by atoms with E-state index in [1.807, 2.05) is 22.9 Å². The van der Waals surface area contributed by atoms with E-state index in [0.717, 1.165) is 0 Å². The van der Waals surface area contributed by atoms with Gasteiger partial charge in [-0.2, -0.15) is 0 Å². The van der Waals surface area contributed by atoms with Crippen LogP contribution in [0.25, 0.3) is 0 Å². The van der Waals surface area contributed by atoms with Gasteiger partial charge in [-0.15, -0.1) is 2.90 Å². The third-order valence-corrected chi connectivity index (χ3v) is 1.31. The summed E-state index contributed by atoms with van der Waals surface area (Å²) in [4.78, 5) is 0. The standard InChI is InChI=1S/C2H4IN5/c1-4-2-5-6-7-8(2)3/h1H3,(H,4,5,7). The second kappa shape index (κ2) is 2.25. The quantitative estimate of drug-likeness (QED) is 0.678. The summed E-state index contributed by atoms with van der Waals surface area (Å²) in [5.74, 6) is 0.658. The van der Waals surface area contributed by atoms with Crippen LogP contribution in [0.4, 0.5) is 5.95 Å². The van der Waals surface area contributed by atoms with Gasteiger partial charge in [0, 0.05) is 7.05 Å². The van der Waals surface area contributed by atoms with Crippen molar-refractivity contribution in [3.8, 4) is 0 Å². The zero-order valence-electron chi connectivity index (χ0n) is 4.17. The summed E-state index contributed by atoms with van der Waals surface area (Å²) in [5.41, 5.74) is 0. The number of aromatic nitrogens is 4. The minimum Gasteiger partial charge on any atom is -0.356 e. The first-order chi connectivity index (χ1) is 3.84. The molecule has 0 radical (unpaired) electrons. The lowest BCUT2D eigenvalue weighted by Gasteiger charge is -1.88.